The molecule has 126 valence electrons. The molecule has 1 atom stereocenters. The van der Waals surface area contributed by atoms with Gasteiger partial charge in [-0.1, -0.05) is 16.7 Å². The van der Waals surface area contributed by atoms with Crippen LogP contribution in [0.25, 0.3) is 11.5 Å². The van der Waals surface area contributed by atoms with Gasteiger partial charge in [0.1, 0.15) is 0 Å². The number of oxime groups is 1. The summed E-state index contributed by atoms with van der Waals surface area (Å²) in [6.07, 6.45) is 0. The zero-order chi connectivity index (χ0) is 17.2. The van der Waals surface area contributed by atoms with E-state index >= 15 is 0 Å². The van der Waals surface area contributed by atoms with Crippen LogP contribution in [0.1, 0.15) is 5.56 Å². The highest BCUT2D eigenvalue weighted by Crippen LogP contribution is 2.23. The van der Waals surface area contributed by atoms with Gasteiger partial charge in [0, 0.05) is 21.8 Å². The van der Waals surface area contributed by atoms with E-state index in [4.69, 9.17) is 16.0 Å². The van der Waals surface area contributed by atoms with E-state index in [1.54, 1.807) is 48.5 Å². The first-order valence-electron chi connectivity index (χ1n) is 7.08. The summed E-state index contributed by atoms with van der Waals surface area (Å²) >= 11 is 4.24. The van der Waals surface area contributed by atoms with Gasteiger partial charge in [-0.05, 0) is 53.7 Å². The monoisotopic (exact) mass is 375 g/mol. The summed E-state index contributed by atoms with van der Waals surface area (Å²) in [7, 11) is 0. The summed E-state index contributed by atoms with van der Waals surface area (Å²) in [4.78, 5) is 0. The Kier molecular flexibility index (Phi) is 4.08. The second-order valence-corrected chi connectivity index (χ2v) is 6.23. The van der Waals surface area contributed by atoms with E-state index in [1.807, 2.05) is 0 Å². The van der Waals surface area contributed by atoms with Gasteiger partial charge in [0.25, 0.3) is 0 Å². The number of benzene rings is 2. The SMILES string of the molecule is O=S1NC(c2ccc(Nc3nnc(-c4ccc(Cl)cc4)o3)cc2)=NO1. The first kappa shape index (κ1) is 15.6. The van der Waals surface area contributed by atoms with E-state index in [-0.39, 0.29) is 6.01 Å². The number of aromatic nitrogens is 2. The van der Waals surface area contributed by atoms with Gasteiger partial charge < -0.3 is 9.73 Å². The van der Waals surface area contributed by atoms with Crippen molar-refractivity contribution < 1.29 is 12.9 Å². The van der Waals surface area contributed by atoms with Gasteiger partial charge in [0.2, 0.25) is 5.89 Å². The molecule has 1 aliphatic rings. The van der Waals surface area contributed by atoms with E-state index in [0.29, 0.717) is 16.7 Å². The van der Waals surface area contributed by atoms with E-state index < -0.39 is 11.3 Å². The summed E-state index contributed by atoms with van der Waals surface area (Å²) in [5.74, 6) is 0.799. The minimum absolute atomic E-state index is 0.262. The van der Waals surface area contributed by atoms with E-state index in [2.05, 4.69) is 29.7 Å². The third-order valence-electron chi connectivity index (χ3n) is 3.30. The molecule has 0 radical (unpaired) electrons. The smallest absolute Gasteiger partial charge is 0.338 e. The minimum atomic E-state index is -1.62. The minimum Gasteiger partial charge on any atom is -0.403 e. The Morgan fingerprint density at radius 2 is 1.72 bits per heavy atom. The number of nitrogens with zero attached hydrogens (tertiary/aromatic N) is 3. The summed E-state index contributed by atoms with van der Waals surface area (Å²) in [6.45, 7) is 0. The quantitative estimate of drug-likeness (QED) is 0.726. The van der Waals surface area contributed by atoms with Crippen LogP contribution in [0.5, 0.6) is 0 Å². The molecule has 0 spiro atoms. The number of nitrogens with one attached hydrogen (secondary N) is 2. The van der Waals surface area contributed by atoms with Crippen LogP contribution < -0.4 is 10.0 Å². The number of rotatable bonds is 4. The largest absolute Gasteiger partial charge is 0.403 e. The molecule has 8 nitrogen and oxygen atoms in total. The van der Waals surface area contributed by atoms with Gasteiger partial charge >= 0.3 is 17.3 Å². The van der Waals surface area contributed by atoms with Crippen molar-refractivity contribution in [3.05, 3.63) is 59.1 Å². The van der Waals surface area contributed by atoms with Crippen molar-refractivity contribution in [2.24, 2.45) is 5.16 Å². The fourth-order valence-corrected chi connectivity index (χ4v) is 2.74. The van der Waals surface area contributed by atoms with E-state index in [0.717, 1.165) is 16.8 Å². The number of halogens is 1. The van der Waals surface area contributed by atoms with Gasteiger partial charge in [-0.2, -0.15) is 4.21 Å². The fraction of sp³-hybridized carbons (Fsp3) is 0. The topological polar surface area (TPSA) is 102 Å². The molecule has 0 aliphatic carbocycles. The molecule has 1 unspecified atom stereocenters. The first-order chi connectivity index (χ1) is 12.2. The molecule has 25 heavy (non-hydrogen) atoms. The van der Waals surface area contributed by atoms with Crippen molar-refractivity contribution in [3.63, 3.8) is 0 Å². The maximum atomic E-state index is 11.1. The fourth-order valence-electron chi connectivity index (χ4n) is 2.12. The molecule has 1 aromatic heterocycles. The molecule has 0 fully saturated rings. The first-order valence-corrected chi connectivity index (χ1v) is 8.53. The predicted molar refractivity (Wildman–Crippen MR) is 93.4 cm³/mol. The third-order valence-corrected chi connectivity index (χ3v) is 4.12. The van der Waals surface area contributed by atoms with Gasteiger partial charge in [0.05, 0.1) is 0 Å². The highest BCUT2D eigenvalue weighted by molar-refractivity contribution is 7.79. The Morgan fingerprint density at radius 3 is 2.40 bits per heavy atom. The highest BCUT2D eigenvalue weighted by atomic mass is 35.5. The Labute approximate surface area is 149 Å². The average Bonchev–Trinajstić information content (AvgIpc) is 3.26. The number of amidine groups is 1. The lowest BCUT2D eigenvalue weighted by Gasteiger charge is -2.03. The lowest BCUT2D eigenvalue weighted by molar-refractivity contribution is 0.385. The van der Waals surface area contributed by atoms with Crippen LogP contribution >= 0.6 is 11.6 Å². The Morgan fingerprint density at radius 1 is 1.00 bits per heavy atom. The highest BCUT2D eigenvalue weighted by Gasteiger charge is 2.16. The summed E-state index contributed by atoms with van der Waals surface area (Å²) in [5.41, 5.74) is 2.26. The molecule has 3 aromatic rings. The Bertz CT molecular complexity index is 956. The maximum Gasteiger partial charge on any atom is 0.338 e. The van der Waals surface area contributed by atoms with Gasteiger partial charge in [-0.15, -0.1) is 5.10 Å². The molecule has 0 bridgehead atoms. The predicted octanol–water partition coefficient (Wildman–Crippen LogP) is 2.99. The molecular weight excluding hydrogens is 366 g/mol. The zero-order valence-corrected chi connectivity index (χ0v) is 14.0. The molecule has 0 amide bonds. The van der Waals surface area contributed by atoms with Crippen LogP contribution in [-0.2, 0) is 15.6 Å². The Balaban J connectivity index is 1.47. The molecule has 2 aromatic carbocycles. The van der Waals surface area contributed by atoms with E-state index in [1.165, 1.54) is 0 Å². The summed E-state index contributed by atoms with van der Waals surface area (Å²) in [5, 5.41) is 15.3. The standard InChI is InChI=1S/C15H10ClN5O3S/c16-11-5-1-10(2-6-11)14-18-19-15(23-14)17-12-7-3-9(4-8-12)13-20-24-25(22)21-13/h1-8H,(H,17,19)(H,20,21). The molecule has 2 heterocycles. The second-order valence-electron chi connectivity index (χ2n) is 4.97. The maximum absolute atomic E-state index is 11.1. The van der Waals surface area contributed by atoms with Crippen molar-refractivity contribution in [2.45, 2.75) is 0 Å². The summed E-state index contributed by atoms with van der Waals surface area (Å²) in [6, 6.07) is 14.5. The van der Waals surface area contributed by atoms with Gasteiger partial charge in [0.15, 0.2) is 5.84 Å². The molecular formula is C15H10ClN5O3S. The molecule has 0 saturated heterocycles. The van der Waals surface area contributed by atoms with E-state index in [9.17, 15) is 4.21 Å². The van der Waals surface area contributed by atoms with Crippen LogP contribution in [0.3, 0.4) is 0 Å². The van der Waals surface area contributed by atoms with Crippen molar-refractivity contribution in [2.75, 3.05) is 5.32 Å². The lowest BCUT2D eigenvalue weighted by Crippen LogP contribution is -2.19. The van der Waals surface area contributed by atoms with Crippen molar-refractivity contribution in [1.29, 1.82) is 0 Å². The van der Waals surface area contributed by atoms with Crippen LogP contribution in [0.15, 0.2) is 58.1 Å². The normalized spacial score (nSPS) is 16.0. The van der Waals surface area contributed by atoms with Crippen molar-refractivity contribution in [3.8, 4) is 11.5 Å². The zero-order valence-electron chi connectivity index (χ0n) is 12.5. The molecule has 0 saturated carbocycles. The molecule has 2 N–H and O–H groups in total. The van der Waals surface area contributed by atoms with Crippen molar-refractivity contribution in [1.82, 2.24) is 14.9 Å². The average molecular weight is 376 g/mol. The van der Waals surface area contributed by atoms with Crippen LogP contribution in [0, 0.1) is 0 Å². The lowest BCUT2D eigenvalue weighted by atomic mass is 10.2. The molecule has 10 heteroatoms. The third kappa shape index (κ3) is 3.47. The van der Waals surface area contributed by atoms with Gasteiger partial charge in [-0.25, -0.2) is 0 Å². The van der Waals surface area contributed by atoms with Crippen LogP contribution in [-0.4, -0.2) is 20.2 Å². The number of hydrogen-bond donors (Lipinski definition) is 2. The second kappa shape index (κ2) is 6.54. The van der Waals surface area contributed by atoms with Crippen LogP contribution in [0.4, 0.5) is 11.7 Å². The number of anilines is 2. The van der Waals surface area contributed by atoms with Crippen LogP contribution in [0.2, 0.25) is 5.02 Å². The summed E-state index contributed by atoms with van der Waals surface area (Å²) < 4.78 is 23.9. The molecule has 4 rings (SSSR count). The Hall–Kier alpha value is -2.91. The molecule has 1 aliphatic heterocycles. The number of hydrogen-bond acceptors (Lipinski definition) is 7. The van der Waals surface area contributed by atoms with Crippen molar-refractivity contribution >= 4 is 40.4 Å². The van der Waals surface area contributed by atoms with Gasteiger partial charge in [-0.3, -0.25) is 9.01 Å².